The Morgan fingerprint density at radius 1 is 1.23 bits per heavy atom. The van der Waals surface area contributed by atoms with Crippen molar-refractivity contribution in [2.45, 2.75) is 18.7 Å². The van der Waals surface area contributed by atoms with Gasteiger partial charge in [0.2, 0.25) is 5.78 Å². The first-order valence-electron chi connectivity index (χ1n) is 7.74. The van der Waals surface area contributed by atoms with Crippen LogP contribution in [0.2, 0.25) is 0 Å². The van der Waals surface area contributed by atoms with Crippen LogP contribution in [0.5, 0.6) is 5.75 Å². The lowest BCUT2D eigenvalue weighted by Crippen LogP contribution is -2.52. The molecule has 2 heterocycles. The molecule has 1 aromatic heterocycles. The van der Waals surface area contributed by atoms with E-state index in [0.717, 1.165) is 6.07 Å². The van der Waals surface area contributed by atoms with Gasteiger partial charge in [-0.2, -0.15) is 0 Å². The van der Waals surface area contributed by atoms with Crippen LogP contribution in [-0.4, -0.2) is 22.5 Å². The molecule has 4 rings (SSSR count). The van der Waals surface area contributed by atoms with Crippen LogP contribution in [-0.2, 0) is 4.79 Å². The number of hydrogen-bond donors (Lipinski definition) is 1. The van der Waals surface area contributed by atoms with Gasteiger partial charge < -0.3 is 14.3 Å². The van der Waals surface area contributed by atoms with Crippen molar-refractivity contribution < 1.29 is 32.6 Å². The maximum atomic E-state index is 15.5. The number of alkyl halides is 1. The lowest BCUT2D eigenvalue weighted by atomic mass is 9.82. The van der Waals surface area contributed by atoms with Crippen molar-refractivity contribution in [2.75, 3.05) is 0 Å². The van der Waals surface area contributed by atoms with Crippen molar-refractivity contribution in [3.05, 3.63) is 65.2 Å². The number of ether oxygens (including phenoxy) is 1. The molecular formula is C19H12F2O5. The van der Waals surface area contributed by atoms with Gasteiger partial charge in [0, 0.05) is 5.56 Å². The molecule has 0 radical (unpaired) electrons. The summed E-state index contributed by atoms with van der Waals surface area (Å²) in [6, 6.07) is 7.71. The Bertz CT molecular complexity index is 1070. The number of aliphatic carboxylic acids is 1. The van der Waals surface area contributed by atoms with Crippen LogP contribution in [0, 0.1) is 12.7 Å². The third-order valence-electron chi connectivity index (χ3n) is 4.55. The smallest absolute Gasteiger partial charge is 0.354 e. The van der Waals surface area contributed by atoms with E-state index >= 15 is 4.39 Å². The molecule has 0 spiro atoms. The minimum Gasteiger partial charge on any atom is -0.479 e. The lowest BCUT2D eigenvalue weighted by Gasteiger charge is -2.35. The molecule has 26 heavy (non-hydrogen) atoms. The van der Waals surface area contributed by atoms with Crippen LogP contribution >= 0.6 is 0 Å². The summed E-state index contributed by atoms with van der Waals surface area (Å²) in [5.41, 5.74) is -3.02. The zero-order chi connectivity index (χ0) is 18.6. The summed E-state index contributed by atoms with van der Waals surface area (Å²) in [5.74, 6) is -4.21. The highest BCUT2D eigenvalue weighted by Gasteiger charge is 2.60. The molecule has 2 unspecified atom stereocenters. The van der Waals surface area contributed by atoms with E-state index in [-0.39, 0.29) is 16.9 Å². The molecule has 1 aliphatic heterocycles. The number of benzene rings is 2. The second kappa shape index (κ2) is 5.39. The van der Waals surface area contributed by atoms with Crippen molar-refractivity contribution >= 4 is 22.7 Å². The van der Waals surface area contributed by atoms with Gasteiger partial charge in [-0.25, -0.2) is 13.6 Å². The van der Waals surface area contributed by atoms with Crippen LogP contribution in [0.1, 0.15) is 27.6 Å². The number of carbonyl (C=O) groups is 2. The highest BCUT2D eigenvalue weighted by molar-refractivity contribution is 6.19. The van der Waals surface area contributed by atoms with E-state index in [9.17, 15) is 19.1 Å². The lowest BCUT2D eigenvalue weighted by molar-refractivity contribution is -0.154. The zero-order valence-corrected chi connectivity index (χ0v) is 13.5. The third-order valence-corrected chi connectivity index (χ3v) is 4.55. The number of carbonyl (C=O) groups excluding carboxylic acids is 1. The van der Waals surface area contributed by atoms with Gasteiger partial charge in [-0.15, -0.1) is 0 Å². The summed E-state index contributed by atoms with van der Waals surface area (Å²) in [4.78, 5) is 24.4. The van der Waals surface area contributed by atoms with Crippen LogP contribution < -0.4 is 4.74 Å². The van der Waals surface area contributed by atoms with E-state index in [4.69, 9.17) is 9.15 Å². The number of halogens is 2. The Morgan fingerprint density at radius 2 is 1.96 bits per heavy atom. The highest BCUT2D eigenvalue weighted by Crippen LogP contribution is 2.47. The van der Waals surface area contributed by atoms with Gasteiger partial charge in [0.05, 0.1) is 17.2 Å². The third kappa shape index (κ3) is 2.00. The number of rotatable bonds is 2. The molecule has 1 aliphatic rings. The van der Waals surface area contributed by atoms with Gasteiger partial charge in [-0.05, 0) is 30.7 Å². The second-order valence-corrected chi connectivity index (χ2v) is 6.10. The molecule has 0 amide bonds. The first-order valence-corrected chi connectivity index (χ1v) is 7.74. The Labute approximate surface area is 145 Å². The fourth-order valence-electron chi connectivity index (χ4n) is 3.24. The van der Waals surface area contributed by atoms with E-state index in [1.807, 2.05) is 0 Å². The molecule has 0 bridgehead atoms. The molecule has 0 fully saturated rings. The van der Waals surface area contributed by atoms with Gasteiger partial charge in [-0.1, -0.05) is 18.2 Å². The monoisotopic (exact) mass is 358 g/mol. The van der Waals surface area contributed by atoms with Gasteiger partial charge >= 0.3 is 11.6 Å². The summed E-state index contributed by atoms with van der Waals surface area (Å²) in [6.07, 6.45) is -0.535. The Morgan fingerprint density at radius 3 is 2.65 bits per heavy atom. The van der Waals surface area contributed by atoms with Crippen LogP contribution in [0.3, 0.4) is 0 Å². The van der Waals surface area contributed by atoms with Crippen molar-refractivity contribution in [2.24, 2.45) is 0 Å². The van der Waals surface area contributed by atoms with Gasteiger partial charge in [0.25, 0.3) is 0 Å². The van der Waals surface area contributed by atoms with E-state index in [1.54, 1.807) is 6.92 Å². The van der Waals surface area contributed by atoms with Crippen LogP contribution in [0.4, 0.5) is 8.78 Å². The van der Waals surface area contributed by atoms with Gasteiger partial charge in [-0.3, -0.25) is 4.79 Å². The van der Waals surface area contributed by atoms with Crippen molar-refractivity contribution in [1.29, 1.82) is 0 Å². The van der Waals surface area contributed by atoms with E-state index in [1.165, 1.54) is 36.6 Å². The minimum atomic E-state index is -3.46. The number of fused-ring (bicyclic) bond motifs is 3. The molecule has 5 nitrogen and oxygen atoms in total. The topological polar surface area (TPSA) is 76.7 Å². The summed E-state index contributed by atoms with van der Waals surface area (Å²) < 4.78 is 40.7. The molecule has 7 heteroatoms. The maximum Gasteiger partial charge on any atom is 0.354 e. The van der Waals surface area contributed by atoms with Crippen molar-refractivity contribution in [3.63, 3.8) is 0 Å². The first-order chi connectivity index (χ1) is 12.4. The maximum absolute atomic E-state index is 15.5. The predicted molar refractivity (Wildman–Crippen MR) is 86.5 cm³/mol. The summed E-state index contributed by atoms with van der Waals surface area (Å²) in [7, 11) is 0. The van der Waals surface area contributed by atoms with Crippen molar-refractivity contribution in [3.8, 4) is 5.75 Å². The standard InChI is InChI=1S/C19H12F2O5/c1-9-8-25-13-7-6-11-15(14(9)13)26-17(10-4-2-3-5-12(10)20)19(21,16(11)22)18(23)24/h2-8,17H,1H3,(H,23,24). The zero-order valence-electron chi connectivity index (χ0n) is 13.5. The van der Waals surface area contributed by atoms with E-state index in [2.05, 4.69) is 0 Å². The number of hydrogen-bond acceptors (Lipinski definition) is 4. The average Bonchev–Trinajstić information content (AvgIpc) is 3.00. The van der Waals surface area contributed by atoms with Crippen LogP contribution in [0.25, 0.3) is 11.0 Å². The molecule has 132 valence electrons. The quantitative estimate of drug-likeness (QED) is 0.701. The summed E-state index contributed by atoms with van der Waals surface area (Å²) in [6.45, 7) is 1.70. The second-order valence-electron chi connectivity index (χ2n) is 6.10. The van der Waals surface area contributed by atoms with Gasteiger partial charge in [0.15, 0.2) is 6.10 Å². The Balaban J connectivity index is 2.03. The van der Waals surface area contributed by atoms with Crippen LogP contribution in [0.15, 0.2) is 47.1 Å². The molecule has 0 saturated carbocycles. The molecule has 2 aromatic carbocycles. The average molecular weight is 358 g/mol. The van der Waals surface area contributed by atoms with E-state index in [0.29, 0.717) is 16.5 Å². The normalized spacial score (nSPS) is 22.1. The molecule has 2 atom stereocenters. The Kier molecular flexibility index (Phi) is 3.37. The van der Waals surface area contributed by atoms with Crippen molar-refractivity contribution in [1.82, 2.24) is 0 Å². The molecule has 1 N–H and O–H groups in total. The SMILES string of the molecule is Cc1coc2ccc3c(c12)OC(c1ccccc1F)C(F)(C(=O)O)C3=O. The number of carboxylic acids is 1. The summed E-state index contributed by atoms with van der Waals surface area (Å²) >= 11 is 0. The van der Waals surface area contributed by atoms with Gasteiger partial charge in [0.1, 0.15) is 17.1 Å². The molecule has 3 aromatic rings. The minimum absolute atomic E-state index is 0.0125. The number of carboxylic acid groups (broad SMARTS) is 1. The predicted octanol–water partition coefficient (Wildman–Crippen LogP) is 3.99. The number of ketones is 1. The fraction of sp³-hybridized carbons (Fsp3) is 0.158. The number of furan rings is 1. The largest absolute Gasteiger partial charge is 0.479 e. The first kappa shape index (κ1) is 16.3. The molecule has 0 saturated heterocycles. The summed E-state index contributed by atoms with van der Waals surface area (Å²) in [5, 5.41) is 9.85. The van der Waals surface area contributed by atoms with E-state index < -0.39 is 29.3 Å². The molecule has 0 aliphatic carbocycles. The molecular weight excluding hydrogens is 346 g/mol. The number of aryl methyl sites for hydroxylation is 1. The number of Topliss-reactive ketones (excluding diaryl/α,β-unsaturated/α-hetero) is 1. The Hall–Kier alpha value is -3.22. The highest BCUT2D eigenvalue weighted by atomic mass is 19.1. The fourth-order valence-corrected chi connectivity index (χ4v) is 3.24.